The molecular formula is C48H107N3. The first kappa shape index (κ1) is 57.6. The molecule has 314 valence electrons. The standard InChI is InChI=1S/C11H25N.C10H20.C9H18.C7H16.C6H15N.C5H13N/c1-4-5-9-12-10-7-6-8-11(2)3;1-9(2)8-10-6-4-3-5-7-10;1-8(2)7-9-5-3-4-6-9;1-4-5-6-7(2)3;1-6(2)4-5-7-3;1-5(2)3-4-6/h11-12H,4-10H2,1-3H3;9-10H,3-8H2,1-2H3;8-9H,3-7H2,1-2H3;7H,4-6H2,1-3H3;6-7H,4-5H2,1-3H3;5H,3-4,6H2,1-2H3. The van der Waals surface area contributed by atoms with Gasteiger partial charge in [0.15, 0.2) is 0 Å². The number of unbranched alkanes of at least 4 members (excludes halogenated alkanes) is 3. The molecule has 2 aliphatic rings. The molecule has 0 radical (unpaired) electrons. The zero-order chi connectivity index (χ0) is 39.7. The maximum absolute atomic E-state index is 5.23. The summed E-state index contributed by atoms with van der Waals surface area (Å²) in [5.41, 5.74) is 5.23. The first-order chi connectivity index (χ1) is 24.2. The third-order valence-electron chi connectivity index (χ3n) is 9.75. The van der Waals surface area contributed by atoms with E-state index in [0.717, 1.165) is 66.9 Å². The molecule has 0 aromatic carbocycles. The Kier molecular flexibility index (Phi) is 52.0. The molecule has 3 heteroatoms. The predicted octanol–water partition coefficient (Wildman–Crippen LogP) is 15.1. The van der Waals surface area contributed by atoms with E-state index < -0.39 is 0 Å². The predicted molar refractivity (Wildman–Crippen MR) is 240 cm³/mol. The van der Waals surface area contributed by atoms with Gasteiger partial charge < -0.3 is 16.4 Å². The van der Waals surface area contributed by atoms with E-state index in [1.54, 1.807) is 0 Å². The van der Waals surface area contributed by atoms with Gasteiger partial charge in [-0.15, -0.1) is 0 Å². The highest BCUT2D eigenvalue weighted by molar-refractivity contribution is 4.68. The molecule has 4 N–H and O–H groups in total. The van der Waals surface area contributed by atoms with Crippen LogP contribution in [0.15, 0.2) is 0 Å². The normalized spacial score (nSPS) is 14.7. The van der Waals surface area contributed by atoms with Gasteiger partial charge in [-0.2, -0.15) is 0 Å². The summed E-state index contributed by atoms with van der Waals surface area (Å²) in [5, 5.41) is 6.56. The molecule has 0 saturated heterocycles. The minimum atomic E-state index is 0.773. The molecule has 0 unspecified atom stereocenters. The van der Waals surface area contributed by atoms with Gasteiger partial charge in [0, 0.05) is 0 Å². The quantitative estimate of drug-likeness (QED) is 0.110. The summed E-state index contributed by atoms with van der Waals surface area (Å²) < 4.78 is 0. The smallest absolute Gasteiger partial charge is 0.00489 e. The van der Waals surface area contributed by atoms with Gasteiger partial charge in [0.2, 0.25) is 0 Å². The first-order valence-electron chi connectivity index (χ1n) is 23.2. The van der Waals surface area contributed by atoms with E-state index in [9.17, 15) is 0 Å². The van der Waals surface area contributed by atoms with E-state index in [2.05, 4.69) is 108 Å². The molecule has 0 aromatic heterocycles. The van der Waals surface area contributed by atoms with Gasteiger partial charge in [-0.05, 0) is 119 Å². The summed E-state index contributed by atoms with van der Waals surface area (Å²) in [6, 6.07) is 0. The number of rotatable bonds is 20. The van der Waals surface area contributed by atoms with Crippen LogP contribution in [-0.2, 0) is 0 Å². The number of nitrogens with two attached hydrogens (primary N) is 1. The van der Waals surface area contributed by atoms with Gasteiger partial charge in [-0.25, -0.2) is 0 Å². The lowest BCUT2D eigenvalue weighted by atomic mass is 9.84. The molecule has 0 aromatic rings. The van der Waals surface area contributed by atoms with Gasteiger partial charge >= 0.3 is 0 Å². The second-order valence-corrected chi connectivity index (χ2v) is 18.7. The van der Waals surface area contributed by atoms with E-state index in [1.807, 2.05) is 7.05 Å². The molecule has 0 heterocycles. The van der Waals surface area contributed by atoms with Crippen LogP contribution in [0.3, 0.4) is 0 Å². The van der Waals surface area contributed by atoms with Crippen molar-refractivity contribution in [1.29, 1.82) is 0 Å². The molecule has 2 fully saturated rings. The first-order valence-corrected chi connectivity index (χ1v) is 23.2. The molecule has 0 atom stereocenters. The third kappa shape index (κ3) is 62.2. The Balaban J connectivity index is -0.000000264. The summed E-state index contributed by atoms with van der Waals surface area (Å²) in [6.07, 6.45) is 29.8. The molecular weight excluding hydrogens is 619 g/mol. The zero-order valence-corrected chi connectivity index (χ0v) is 38.9. The van der Waals surface area contributed by atoms with Crippen LogP contribution >= 0.6 is 0 Å². The fourth-order valence-corrected chi connectivity index (χ4v) is 6.61. The Morgan fingerprint density at radius 3 is 1.14 bits per heavy atom. The molecule has 0 bridgehead atoms. The van der Waals surface area contributed by atoms with Gasteiger partial charge in [0.25, 0.3) is 0 Å². The SMILES string of the molecule is CC(C)CC1CCCC1.CC(C)CC1CCCCC1.CC(C)CCN.CCCCC(C)C.CCCCNCCCCC(C)C.CNCCC(C)C. The van der Waals surface area contributed by atoms with Gasteiger partial charge in [0.05, 0.1) is 0 Å². The molecule has 0 amide bonds. The van der Waals surface area contributed by atoms with Crippen LogP contribution in [0.2, 0.25) is 0 Å². The molecule has 2 rings (SSSR count). The fourth-order valence-electron chi connectivity index (χ4n) is 6.61. The minimum absolute atomic E-state index is 0.773. The lowest BCUT2D eigenvalue weighted by molar-refractivity contribution is 0.305. The van der Waals surface area contributed by atoms with Crippen molar-refractivity contribution in [2.45, 2.75) is 232 Å². The highest BCUT2D eigenvalue weighted by Gasteiger charge is 2.15. The average molecular weight is 726 g/mol. The zero-order valence-electron chi connectivity index (χ0n) is 38.9. The number of hydrogen-bond donors (Lipinski definition) is 3. The second-order valence-electron chi connectivity index (χ2n) is 18.7. The van der Waals surface area contributed by atoms with Gasteiger partial charge in [-0.3, -0.25) is 0 Å². The Labute approximate surface area is 327 Å². The Bertz CT molecular complexity index is 559. The summed E-state index contributed by atoms with van der Waals surface area (Å²) in [7, 11) is 1.99. The molecule has 51 heavy (non-hydrogen) atoms. The van der Waals surface area contributed by atoms with Crippen LogP contribution in [0.5, 0.6) is 0 Å². The highest BCUT2D eigenvalue weighted by atomic mass is 14.8. The summed E-state index contributed by atoms with van der Waals surface area (Å²) in [6.45, 7) is 36.2. The van der Waals surface area contributed by atoms with E-state index in [-0.39, 0.29) is 0 Å². The highest BCUT2D eigenvalue weighted by Crippen LogP contribution is 2.30. The summed E-state index contributed by atoms with van der Waals surface area (Å²) in [4.78, 5) is 0. The van der Waals surface area contributed by atoms with Crippen LogP contribution in [0.4, 0.5) is 0 Å². The van der Waals surface area contributed by atoms with Crippen molar-refractivity contribution in [3.63, 3.8) is 0 Å². The monoisotopic (exact) mass is 726 g/mol. The summed E-state index contributed by atoms with van der Waals surface area (Å²) >= 11 is 0. The molecule has 0 aliphatic heterocycles. The van der Waals surface area contributed by atoms with Crippen LogP contribution in [0.1, 0.15) is 232 Å². The van der Waals surface area contributed by atoms with Crippen LogP contribution in [-0.4, -0.2) is 33.2 Å². The average Bonchev–Trinajstić information content (AvgIpc) is 3.56. The van der Waals surface area contributed by atoms with E-state index in [1.165, 1.54) is 142 Å². The van der Waals surface area contributed by atoms with Crippen molar-refractivity contribution < 1.29 is 0 Å². The third-order valence-corrected chi connectivity index (χ3v) is 9.75. The molecule has 3 nitrogen and oxygen atoms in total. The molecule has 2 aliphatic carbocycles. The van der Waals surface area contributed by atoms with Crippen molar-refractivity contribution in [2.75, 3.05) is 33.2 Å². The molecule has 2 saturated carbocycles. The van der Waals surface area contributed by atoms with E-state index in [4.69, 9.17) is 5.73 Å². The number of hydrogen-bond acceptors (Lipinski definition) is 3. The molecule has 0 spiro atoms. The second kappa shape index (κ2) is 46.0. The van der Waals surface area contributed by atoms with E-state index in [0.29, 0.717) is 0 Å². The van der Waals surface area contributed by atoms with E-state index >= 15 is 0 Å². The lowest BCUT2D eigenvalue weighted by Gasteiger charge is -2.22. The Morgan fingerprint density at radius 2 is 0.843 bits per heavy atom. The Hall–Kier alpha value is -0.120. The number of nitrogens with one attached hydrogen (secondary N) is 2. The van der Waals surface area contributed by atoms with Gasteiger partial charge in [0.1, 0.15) is 0 Å². The maximum Gasteiger partial charge on any atom is -0.00489 e. The van der Waals surface area contributed by atoms with Crippen molar-refractivity contribution in [3.8, 4) is 0 Å². The largest absolute Gasteiger partial charge is 0.330 e. The Morgan fingerprint density at radius 1 is 0.451 bits per heavy atom. The van der Waals surface area contributed by atoms with Crippen LogP contribution < -0.4 is 16.4 Å². The lowest BCUT2D eigenvalue weighted by Crippen LogP contribution is -2.16. The maximum atomic E-state index is 5.23. The van der Waals surface area contributed by atoms with Crippen molar-refractivity contribution in [2.24, 2.45) is 53.1 Å². The topological polar surface area (TPSA) is 50.1 Å². The van der Waals surface area contributed by atoms with Crippen molar-refractivity contribution >= 4 is 0 Å². The van der Waals surface area contributed by atoms with Crippen molar-refractivity contribution in [1.82, 2.24) is 10.6 Å². The minimum Gasteiger partial charge on any atom is -0.330 e. The summed E-state index contributed by atoms with van der Waals surface area (Å²) in [5.74, 6) is 7.40. The van der Waals surface area contributed by atoms with Crippen LogP contribution in [0, 0.1) is 47.3 Å². The fraction of sp³-hybridized carbons (Fsp3) is 1.00. The van der Waals surface area contributed by atoms with Crippen LogP contribution in [0.25, 0.3) is 0 Å². The van der Waals surface area contributed by atoms with Crippen molar-refractivity contribution in [3.05, 3.63) is 0 Å². The van der Waals surface area contributed by atoms with Gasteiger partial charge in [-0.1, -0.05) is 193 Å².